The van der Waals surface area contributed by atoms with Gasteiger partial charge in [-0.15, -0.1) is 0 Å². The van der Waals surface area contributed by atoms with Crippen LogP contribution in [0.15, 0.2) is 18.2 Å². The molecule has 1 aromatic carbocycles. The standard InChI is InChI=1S/C18H27N3O2/c1-5-15-13-21(10-9-20(15)3)16(12-19)14-7-8-17(23-6-2)18(11-14)22-4/h7-8,11,15-16H,5-6,9-10,13H2,1-4H3. The van der Waals surface area contributed by atoms with Crippen molar-refractivity contribution in [1.29, 1.82) is 5.26 Å². The van der Waals surface area contributed by atoms with Gasteiger partial charge in [0.25, 0.3) is 0 Å². The Morgan fingerprint density at radius 1 is 1.30 bits per heavy atom. The van der Waals surface area contributed by atoms with E-state index in [1.54, 1.807) is 7.11 Å². The van der Waals surface area contributed by atoms with Crippen LogP contribution in [0.5, 0.6) is 11.5 Å². The van der Waals surface area contributed by atoms with Crippen LogP contribution in [0.3, 0.4) is 0 Å². The fourth-order valence-electron chi connectivity index (χ4n) is 3.14. The summed E-state index contributed by atoms with van der Waals surface area (Å²) in [6, 6.07) is 8.52. The van der Waals surface area contributed by atoms with E-state index in [1.165, 1.54) is 0 Å². The maximum atomic E-state index is 9.72. The van der Waals surface area contributed by atoms with Gasteiger partial charge < -0.3 is 14.4 Å². The minimum atomic E-state index is -0.248. The van der Waals surface area contributed by atoms with Crippen molar-refractivity contribution in [3.05, 3.63) is 23.8 Å². The lowest BCUT2D eigenvalue weighted by atomic mass is 10.0. The number of piperazine rings is 1. The van der Waals surface area contributed by atoms with Crippen LogP contribution in [0.4, 0.5) is 0 Å². The highest BCUT2D eigenvalue weighted by atomic mass is 16.5. The molecule has 1 saturated heterocycles. The summed E-state index contributed by atoms with van der Waals surface area (Å²) in [6.45, 7) is 7.55. The SMILES string of the molecule is CCOc1ccc(C(C#N)N2CCN(C)C(CC)C2)cc1OC. The van der Waals surface area contributed by atoms with Crippen molar-refractivity contribution in [2.75, 3.05) is 40.4 Å². The Morgan fingerprint density at radius 3 is 2.70 bits per heavy atom. The lowest BCUT2D eigenvalue weighted by Gasteiger charge is -2.41. The first kappa shape index (κ1) is 17.6. The zero-order valence-electron chi connectivity index (χ0n) is 14.6. The molecule has 1 heterocycles. The van der Waals surface area contributed by atoms with Crippen LogP contribution in [0.25, 0.3) is 0 Å². The normalized spacial score (nSPS) is 20.7. The van der Waals surface area contributed by atoms with Crippen molar-refractivity contribution in [2.45, 2.75) is 32.4 Å². The van der Waals surface area contributed by atoms with Gasteiger partial charge in [-0.3, -0.25) is 4.90 Å². The molecule has 5 heteroatoms. The van der Waals surface area contributed by atoms with Gasteiger partial charge in [-0.1, -0.05) is 13.0 Å². The van der Waals surface area contributed by atoms with Gasteiger partial charge in [0, 0.05) is 25.7 Å². The molecule has 1 aliphatic rings. The minimum absolute atomic E-state index is 0.248. The summed E-state index contributed by atoms with van der Waals surface area (Å²) in [7, 11) is 3.79. The topological polar surface area (TPSA) is 48.7 Å². The number of rotatable bonds is 6. The Hall–Kier alpha value is -1.77. The van der Waals surface area contributed by atoms with E-state index in [1.807, 2.05) is 25.1 Å². The Balaban J connectivity index is 2.22. The molecule has 0 saturated carbocycles. The number of nitrogens with zero attached hydrogens (tertiary/aromatic N) is 3. The molecule has 1 fully saturated rings. The molecule has 0 N–H and O–H groups in total. The summed E-state index contributed by atoms with van der Waals surface area (Å²) >= 11 is 0. The lowest BCUT2D eigenvalue weighted by molar-refractivity contribution is 0.0773. The van der Waals surface area contributed by atoms with Gasteiger partial charge in [0.1, 0.15) is 6.04 Å². The molecule has 0 spiro atoms. The maximum absolute atomic E-state index is 9.72. The summed E-state index contributed by atoms with van der Waals surface area (Å²) in [5.74, 6) is 1.41. The van der Waals surface area contributed by atoms with Gasteiger partial charge in [-0.25, -0.2) is 0 Å². The third kappa shape index (κ3) is 3.95. The van der Waals surface area contributed by atoms with E-state index in [9.17, 15) is 5.26 Å². The number of ether oxygens (including phenoxy) is 2. The predicted octanol–water partition coefficient (Wildman–Crippen LogP) is 2.68. The summed E-state index contributed by atoms with van der Waals surface area (Å²) in [5.41, 5.74) is 0.965. The first-order valence-corrected chi connectivity index (χ1v) is 8.29. The molecule has 2 rings (SSSR count). The average Bonchev–Trinajstić information content (AvgIpc) is 2.58. The Bertz CT molecular complexity index is 556. The third-order valence-corrected chi connectivity index (χ3v) is 4.57. The smallest absolute Gasteiger partial charge is 0.161 e. The van der Waals surface area contributed by atoms with Crippen molar-refractivity contribution < 1.29 is 9.47 Å². The van der Waals surface area contributed by atoms with Gasteiger partial charge in [-0.2, -0.15) is 5.26 Å². The largest absolute Gasteiger partial charge is 0.493 e. The quantitative estimate of drug-likeness (QED) is 0.807. The average molecular weight is 317 g/mol. The number of methoxy groups -OCH3 is 1. The second-order valence-corrected chi connectivity index (χ2v) is 5.91. The Labute approximate surface area is 139 Å². The molecular formula is C18H27N3O2. The second kappa shape index (κ2) is 8.19. The predicted molar refractivity (Wildman–Crippen MR) is 90.8 cm³/mol. The summed E-state index contributed by atoms with van der Waals surface area (Å²) in [5, 5.41) is 9.72. The van der Waals surface area contributed by atoms with Crippen LogP contribution in [0.2, 0.25) is 0 Å². The van der Waals surface area contributed by atoms with Gasteiger partial charge in [-0.05, 0) is 38.1 Å². The van der Waals surface area contributed by atoms with Crippen molar-refractivity contribution >= 4 is 0 Å². The van der Waals surface area contributed by atoms with E-state index < -0.39 is 0 Å². The summed E-state index contributed by atoms with van der Waals surface area (Å²) < 4.78 is 11.0. The van der Waals surface area contributed by atoms with E-state index in [4.69, 9.17) is 9.47 Å². The molecule has 2 atom stereocenters. The molecule has 126 valence electrons. The number of nitriles is 1. The molecule has 1 aliphatic heterocycles. The molecule has 5 nitrogen and oxygen atoms in total. The first-order valence-electron chi connectivity index (χ1n) is 8.29. The van der Waals surface area contributed by atoms with Gasteiger partial charge in [0.05, 0.1) is 19.8 Å². The maximum Gasteiger partial charge on any atom is 0.161 e. The van der Waals surface area contributed by atoms with Crippen LogP contribution >= 0.6 is 0 Å². The molecule has 1 aromatic rings. The van der Waals surface area contributed by atoms with E-state index in [0.29, 0.717) is 18.4 Å². The lowest BCUT2D eigenvalue weighted by Crippen LogP contribution is -2.51. The fourth-order valence-corrected chi connectivity index (χ4v) is 3.14. The molecule has 23 heavy (non-hydrogen) atoms. The van der Waals surface area contributed by atoms with E-state index >= 15 is 0 Å². The second-order valence-electron chi connectivity index (χ2n) is 5.91. The molecule has 0 amide bonds. The number of likely N-dealkylation sites (N-methyl/N-ethyl adjacent to an activating group) is 1. The molecule has 0 aliphatic carbocycles. The first-order chi connectivity index (χ1) is 11.1. The van der Waals surface area contributed by atoms with Crippen molar-refractivity contribution in [3.63, 3.8) is 0 Å². The summed E-state index contributed by atoms with van der Waals surface area (Å²) in [4.78, 5) is 4.65. The highest BCUT2D eigenvalue weighted by Gasteiger charge is 2.29. The monoisotopic (exact) mass is 317 g/mol. The van der Waals surface area contributed by atoms with Crippen molar-refractivity contribution in [1.82, 2.24) is 9.80 Å². The van der Waals surface area contributed by atoms with E-state index in [2.05, 4.69) is 29.8 Å². The highest BCUT2D eigenvalue weighted by Crippen LogP contribution is 2.32. The van der Waals surface area contributed by atoms with Crippen molar-refractivity contribution in [2.24, 2.45) is 0 Å². The molecule has 0 aromatic heterocycles. The summed E-state index contributed by atoms with van der Waals surface area (Å²) in [6.07, 6.45) is 1.09. The van der Waals surface area contributed by atoms with E-state index in [-0.39, 0.29) is 6.04 Å². The van der Waals surface area contributed by atoms with Crippen LogP contribution in [0.1, 0.15) is 31.9 Å². The number of hydrogen-bond donors (Lipinski definition) is 0. The molecule has 0 bridgehead atoms. The van der Waals surface area contributed by atoms with Gasteiger partial charge >= 0.3 is 0 Å². The fraction of sp³-hybridized carbons (Fsp3) is 0.611. The molecular weight excluding hydrogens is 290 g/mol. The van der Waals surface area contributed by atoms with E-state index in [0.717, 1.165) is 37.4 Å². The molecule has 0 radical (unpaired) electrons. The zero-order chi connectivity index (χ0) is 16.8. The number of hydrogen-bond acceptors (Lipinski definition) is 5. The van der Waals surface area contributed by atoms with Gasteiger partial charge in [0.15, 0.2) is 11.5 Å². The number of benzene rings is 1. The van der Waals surface area contributed by atoms with Crippen LogP contribution in [0, 0.1) is 11.3 Å². The van der Waals surface area contributed by atoms with Crippen LogP contribution < -0.4 is 9.47 Å². The highest BCUT2D eigenvalue weighted by molar-refractivity contribution is 5.45. The Morgan fingerprint density at radius 2 is 2.09 bits per heavy atom. The zero-order valence-corrected chi connectivity index (χ0v) is 14.6. The molecule has 2 unspecified atom stereocenters. The van der Waals surface area contributed by atoms with Crippen LogP contribution in [-0.4, -0.2) is 56.2 Å². The Kier molecular flexibility index (Phi) is 6.26. The van der Waals surface area contributed by atoms with Crippen molar-refractivity contribution in [3.8, 4) is 17.6 Å². The van der Waals surface area contributed by atoms with Crippen LogP contribution in [-0.2, 0) is 0 Å². The minimum Gasteiger partial charge on any atom is -0.493 e. The third-order valence-electron chi connectivity index (χ3n) is 4.57. The van der Waals surface area contributed by atoms with Gasteiger partial charge in [0.2, 0.25) is 0 Å².